The van der Waals surface area contributed by atoms with Gasteiger partial charge in [-0.05, 0) is 73.9 Å². The number of rotatable bonds is 8. The summed E-state index contributed by atoms with van der Waals surface area (Å²) in [6.45, 7) is 2.57. The number of amides is 3. The Morgan fingerprint density at radius 1 is 1.00 bits per heavy atom. The van der Waals surface area contributed by atoms with Crippen LogP contribution < -0.4 is 16.3 Å². The maximum absolute atomic E-state index is 14.1. The maximum atomic E-state index is 14.1. The molecule has 1 saturated carbocycles. The van der Waals surface area contributed by atoms with Crippen LogP contribution in [0.4, 0.5) is 27.6 Å². The van der Waals surface area contributed by atoms with Crippen LogP contribution in [0.1, 0.15) is 90.3 Å². The van der Waals surface area contributed by atoms with Gasteiger partial charge in [-0.2, -0.15) is 18.3 Å². The van der Waals surface area contributed by atoms with Crippen LogP contribution >= 0.6 is 0 Å². The molecule has 0 spiro atoms. The van der Waals surface area contributed by atoms with Gasteiger partial charge < -0.3 is 10.2 Å². The molecule has 2 saturated heterocycles. The Morgan fingerprint density at radius 2 is 1.75 bits per heavy atom. The molecule has 12 nitrogen and oxygen atoms in total. The predicted octanol–water partition coefficient (Wildman–Crippen LogP) is 6.10. The second kappa shape index (κ2) is 14.0. The van der Waals surface area contributed by atoms with E-state index in [1.54, 1.807) is 22.5 Å². The molecule has 55 heavy (non-hydrogen) atoms. The zero-order valence-electron chi connectivity index (χ0n) is 29.7. The molecule has 288 valence electrons. The summed E-state index contributed by atoms with van der Waals surface area (Å²) in [4.78, 5) is 56.3. The van der Waals surface area contributed by atoms with Gasteiger partial charge in [0.25, 0.3) is 12.3 Å². The summed E-state index contributed by atoms with van der Waals surface area (Å²) < 4.78 is 72.5. The van der Waals surface area contributed by atoms with Crippen LogP contribution in [-0.4, -0.2) is 66.2 Å². The lowest BCUT2D eigenvalue weighted by atomic mass is 9.83. The number of pyridine rings is 1. The number of anilines is 1. The molecule has 3 fully saturated rings. The molecular weight excluding hydrogens is 727 g/mol. The van der Waals surface area contributed by atoms with Crippen LogP contribution in [0, 0.1) is 5.92 Å². The number of piperidine rings is 1. The lowest BCUT2D eigenvalue weighted by Gasteiger charge is -2.43. The van der Waals surface area contributed by atoms with Crippen molar-refractivity contribution in [3.05, 3.63) is 87.7 Å². The fourth-order valence-electron chi connectivity index (χ4n) is 8.39. The number of hydrogen-bond acceptors (Lipinski definition) is 7. The van der Waals surface area contributed by atoms with Crippen LogP contribution in [0.3, 0.4) is 0 Å². The first-order valence-corrected chi connectivity index (χ1v) is 18.2. The first kappa shape index (κ1) is 36.5. The maximum Gasteiger partial charge on any atom is 0.433 e. The summed E-state index contributed by atoms with van der Waals surface area (Å²) >= 11 is 0. The van der Waals surface area contributed by atoms with Crippen LogP contribution in [0.2, 0.25) is 0 Å². The molecule has 1 unspecified atom stereocenters. The number of carbonyl (C=O) groups is 3. The quantitative estimate of drug-likeness (QED) is 0.144. The molecule has 2 aromatic carbocycles. The second-order valence-electron chi connectivity index (χ2n) is 14.8. The van der Waals surface area contributed by atoms with E-state index in [2.05, 4.69) is 25.6 Å². The van der Waals surface area contributed by atoms with Gasteiger partial charge >= 0.3 is 11.9 Å². The standard InChI is InChI=1S/C38H37F5N8O4/c1-48-33-24(4-2-6-29(33)51(37(48)55)30-12-13-32(52)46-36(30)54)22-17-49(18-22)16-20-8-10-23(11-9-20)50-19-21-14-28(25(34(39)40)15-27(21)47-50)45-35(53)26-5-3-7-31(44-26)38(41,42)43/h2-7,14-15,19-20,22-23,30,34H,8-13,16-18H2,1H3,(H,45,53)(H,46,52,54)/t20-,23-,30?. The number of aryl methyl sites for hydroxylation is 1. The third-order valence-corrected chi connectivity index (χ3v) is 11.2. The number of para-hydroxylation sites is 1. The third-order valence-electron chi connectivity index (χ3n) is 11.2. The van der Waals surface area contributed by atoms with Crippen molar-refractivity contribution in [2.24, 2.45) is 13.0 Å². The highest BCUT2D eigenvalue weighted by Gasteiger charge is 2.36. The fourth-order valence-corrected chi connectivity index (χ4v) is 8.39. The van der Waals surface area contributed by atoms with E-state index < -0.39 is 47.4 Å². The minimum atomic E-state index is -4.77. The number of benzene rings is 2. The van der Waals surface area contributed by atoms with Gasteiger partial charge in [0.2, 0.25) is 11.8 Å². The molecule has 3 aromatic heterocycles. The highest BCUT2D eigenvalue weighted by Crippen LogP contribution is 2.39. The van der Waals surface area contributed by atoms with Crippen LogP contribution in [0.15, 0.2) is 59.5 Å². The molecule has 1 aliphatic carbocycles. The van der Waals surface area contributed by atoms with Crippen molar-refractivity contribution in [1.29, 1.82) is 0 Å². The van der Waals surface area contributed by atoms with Crippen LogP contribution in [-0.2, 0) is 22.8 Å². The van der Waals surface area contributed by atoms with Crippen molar-refractivity contribution in [3.63, 3.8) is 0 Å². The molecule has 5 aromatic rings. The van der Waals surface area contributed by atoms with Crippen molar-refractivity contribution in [3.8, 4) is 0 Å². The molecule has 3 aliphatic rings. The molecule has 1 atom stereocenters. The number of halogens is 5. The number of fused-ring (bicyclic) bond motifs is 2. The Hall–Kier alpha value is -5.45. The Morgan fingerprint density at radius 3 is 2.45 bits per heavy atom. The Labute approximate surface area is 310 Å². The number of imidazole rings is 1. The van der Waals surface area contributed by atoms with Gasteiger partial charge in [-0.15, -0.1) is 0 Å². The van der Waals surface area contributed by atoms with Gasteiger partial charge in [-0.3, -0.25) is 33.5 Å². The number of nitrogens with zero attached hydrogens (tertiary/aromatic N) is 6. The minimum Gasteiger partial charge on any atom is -0.320 e. The van der Waals surface area contributed by atoms with Crippen molar-refractivity contribution in [2.45, 2.75) is 69.1 Å². The zero-order valence-corrected chi connectivity index (χ0v) is 29.7. The number of alkyl halides is 5. The third kappa shape index (κ3) is 6.89. The smallest absolute Gasteiger partial charge is 0.320 e. The number of imide groups is 1. The second-order valence-corrected chi connectivity index (χ2v) is 14.8. The van der Waals surface area contributed by atoms with E-state index in [0.29, 0.717) is 22.3 Å². The van der Waals surface area contributed by atoms with Gasteiger partial charge in [-0.1, -0.05) is 18.2 Å². The molecule has 2 aliphatic heterocycles. The number of hydrogen-bond donors (Lipinski definition) is 2. The van der Waals surface area contributed by atoms with Crippen molar-refractivity contribution in [2.75, 3.05) is 25.0 Å². The topological polar surface area (TPSA) is 136 Å². The first-order valence-electron chi connectivity index (χ1n) is 18.2. The van der Waals surface area contributed by atoms with E-state index in [1.165, 1.54) is 16.7 Å². The summed E-state index contributed by atoms with van der Waals surface area (Å²) in [5.41, 5.74) is 0.0216. The highest BCUT2D eigenvalue weighted by molar-refractivity contribution is 6.04. The van der Waals surface area contributed by atoms with Crippen LogP contribution in [0.5, 0.6) is 0 Å². The van der Waals surface area contributed by atoms with Crippen molar-refractivity contribution >= 4 is 45.3 Å². The number of nitrogens with one attached hydrogen (secondary N) is 2. The van der Waals surface area contributed by atoms with E-state index in [1.807, 2.05) is 18.2 Å². The summed E-state index contributed by atoms with van der Waals surface area (Å²) in [5.74, 6) is -1.17. The molecule has 0 bridgehead atoms. The fraction of sp³-hybridized carbons (Fsp3) is 0.421. The lowest BCUT2D eigenvalue weighted by Crippen LogP contribution is -2.47. The number of aromatic nitrogens is 5. The molecule has 3 amide bonds. The molecular formula is C38H37F5N8O4. The zero-order chi connectivity index (χ0) is 38.8. The molecule has 17 heteroatoms. The Balaban J connectivity index is 0.899. The van der Waals surface area contributed by atoms with Gasteiger partial charge in [-0.25, -0.2) is 18.6 Å². The van der Waals surface area contributed by atoms with Gasteiger partial charge in [0.15, 0.2) is 0 Å². The first-order chi connectivity index (χ1) is 26.2. The average Bonchev–Trinajstić information content (AvgIpc) is 3.66. The van der Waals surface area contributed by atoms with E-state index >= 15 is 0 Å². The van der Waals surface area contributed by atoms with Gasteiger partial charge in [0.1, 0.15) is 17.4 Å². The van der Waals surface area contributed by atoms with E-state index in [0.717, 1.165) is 74.6 Å². The monoisotopic (exact) mass is 764 g/mol. The summed E-state index contributed by atoms with van der Waals surface area (Å²) in [6, 6.07) is 10.5. The Bertz CT molecular complexity index is 2390. The Kier molecular flexibility index (Phi) is 9.30. The largest absolute Gasteiger partial charge is 0.433 e. The van der Waals surface area contributed by atoms with Crippen LogP contribution in [0.25, 0.3) is 21.9 Å². The van der Waals surface area contributed by atoms with Crippen molar-refractivity contribution in [1.82, 2.24) is 34.1 Å². The van der Waals surface area contributed by atoms with Gasteiger partial charge in [0.05, 0.1) is 28.3 Å². The van der Waals surface area contributed by atoms with E-state index in [9.17, 15) is 41.1 Å². The SMILES string of the molecule is Cn1c(=O)n(C2CCC(=O)NC2=O)c2cccc(C3CN(C[C@H]4CC[C@H](n5cc6cc(NC(=O)c7cccc(C(F)(F)F)n7)c(C(F)F)cc6n5)CC4)C3)c21. The number of likely N-dealkylation sites (tertiary alicyclic amines) is 1. The molecule has 2 N–H and O–H groups in total. The minimum absolute atomic E-state index is 0.0439. The summed E-state index contributed by atoms with van der Waals surface area (Å²) in [7, 11) is 1.71. The molecule has 8 rings (SSSR count). The van der Waals surface area contributed by atoms with Crippen molar-refractivity contribution < 1.29 is 36.3 Å². The summed E-state index contributed by atoms with van der Waals surface area (Å²) in [5, 5.41) is 9.76. The molecule has 0 radical (unpaired) electrons. The average molecular weight is 765 g/mol. The summed E-state index contributed by atoms with van der Waals surface area (Å²) in [6.07, 6.45) is -2.01. The van der Waals surface area contributed by atoms with Gasteiger partial charge in [0, 0.05) is 56.2 Å². The highest BCUT2D eigenvalue weighted by atomic mass is 19.4. The van der Waals surface area contributed by atoms with E-state index in [4.69, 9.17) is 0 Å². The molecule has 5 heterocycles. The normalized spacial score (nSPS) is 21.3. The lowest BCUT2D eigenvalue weighted by molar-refractivity contribution is -0.141. The van der Waals surface area contributed by atoms with E-state index in [-0.39, 0.29) is 42.1 Å². The number of carbonyl (C=O) groups excluding carboxylic acids is 3. The predicted molar refractivity (Wildman–Crippen MR) is 191 cm³/mol.